The van der Waals surface area contributed by atoms with Crippen LogP contribution in [0.1, 0.15) is 19.3 Å². The van der Waals surface area contributed by atoms with Gasteiger partial charge in [0.15, 0.2) is 0 Å². The molecule has 1 unspecified atom stereocenters. The molecule has 0 radical (unpaired) electrons. The van der Waals surface area contributed by atoms with Crippen molar-refractivity contribution in [2.75, 3.05) is 14.2 Å². The molecule has 0 aromatic carbocycles. The van der Waals surface area contributed by atoms with Crippen LogP contribution in [0.2, 0.25) is 0 Å². The molecule has 5 nitrogen and oxygen atoms in total. The van der Waals surface area contributed by atoms with Crippen LogP contribution in [0, 0.1) is 5.92 Å². The number of hydrogen-bond acceptors (Lipinski definition) is 5. The van der Waals surface area contributed by atoms with Gasteiger partial charge in [0.25, 0.3) is 0 Å². The fourth-order valence-corrected chi connectivity index (χ4v) is 1.25. The molecule has 0 bridgehead atoms. The minimum atomic E-state index is -5.11. The Balaban J connectivity index is 4.57. The van der Waals surface area contributed by atoms with Gasteiger partial charge in [-0.2, -0.15) is 13.2 Å². The Kier molecular flexibility index (Phi) is 6.35. The summed E-state index contributed by atoms with van der Waals surface area (Å²) in [6.07, 6.45) is -5.77. The number of carbonyl (C=O) groups is 3. The fourth-order valence-electron chi connectivity index (χ4n) is 1.25. The molecule has 0 heterocycles. The Morgan fingerprint density at radius 3 is 2.06 bits per heavy atom. The fraction of sp³-hybridized carbons (Fsp3) is 0.700. The Morgan fingerprint density at radius 2 is 1.67 bits per heavy atom. The van der Waals surface area contributed by atoms with Crippen molar-refractivity contribution in [2.45, 2.75) is 25.4 Å². The third kappa shape index (κ3) is 5.15. The van der Waals surface area contributed by atoms with Gasteiger partial charge in [-0.25, -0.2) is 0 Å². The molecule has 0 rings (SSSR count). The van der Waals surface area contributed by atoms with E-state index in [4.69, 9.17) is 0 Å². The van der Waals surface area contributed by atoms with E-state index >= 15 is 0 Å². The van der Waals surface area contributed by atoms with E-state index < -0.39 is 36.2 Å². The highest BCUT2D eigenvalue weighted by molar-refractivity contribution is 6.01. The topological polar surface area (TPSA) is 69.7 Å². The molecule has 18 heavy (non-hydrogen) atoms. The normalized spacial score (nSPS) is 12.7. The molecule has 1 atom stereocenters. The van der Waals surface area contributed by atoms with Gasteiger partial charge in [0.2, 0.25) is 5.78 Å². The van der Waals surface area contributed by atoms with Gasteiger partial charge in [0, 0.05) is 6.42 Å². The van der Waals surface area contributed by atoms with Gasteiger partial charge in [-0.15, -0.1) is 0 Å². The molecule has 104 valence electrons. The lowest BCUT2D eigenvalue weighted by atomic mass is 9.97. The van der Waals surface area contributed by atoms with E-state index in [0.717, 1.165) is 14.2 Å². The largest absolute Gasteiger partial charge is 0.469 e. The predicted octanol–water partition coefficient (Wildman–Crippen LogP) is 1.25. The molecule has 0 saturated carbocycles. The lowest BCUT2D eigenvalue weighted by molar-refractivity contribution is -0.180. The van der Waals surface area contributed by atoms with Gasteiger partial charge in [-0.3, -0.25) is 14.4 Å². The molecule has 0 amide bonds. The quantitative estimate of drug-likeness (QED) is 0.536. The molecule has 0 saturated heterocycles. The maximum atomic E-state index is 12.2. The number of halogens is 3. The van der Waals surface area contributed by atoms with Gasteiger partial charge in [0.1, 0.15) is 5.92 Å². The van der Waals surface area contributed by atoms with Crippen LogP contribution in [0.15, 0.2) is 0 Å². The maximum absolute atomic E-state index is 12.2. The monoisotopic (exact) mass is 270 g/mol. The summed E-state index contributed by atoms with van der Waals surface area (Å²) in [5.41, 5.74) is 0. The third-order valence-electron chi connectivity index (χ3n) is 2.18. The molecule has 0 aliphatic rings. The lowest BCUT2D eigenvalue weighted by Crippen LogP contribution is -2.36. The smallest absolute Gasteiger partial charge is 0.450 e. The van der Waals surface area contributed by atoms with E-state index in [1.807, 2.05) is 0 Å². The Bertz CT molecular complexity index is 324. The van der Waals surface area contributed by atoms with Crippen LogP contribution in [-0.2, 0) is 23.9 Å². The van der Waals surface area contributed by atoms with Crippen molar-refractivity contribution in [3.63, 3.8) is 0 Å². The minimum Gasteiger partial charge on any atom is -0.469 e. The van der Waals surface area contributed by atoms with Crippen LogP contribution in [-0.4, -0.2) is 38.1 Å². The van der Waals surface area contributed by atoms with Crippen molar-refractivity contribution in [2.24, 2.45) is 5.92 Å². The van der Waals surface area contributed by atoms with Crippen LogP contribution in [0.25, 0.3) is 0 Å². The number of methoxy groups -OCH3 is 2. The summed E-state index contributed by atoms with van der Waals surface area (Å²) in [5.74, 6) is -5.99. The van der Waals surface area contributed by atoms with Crippen LogP contribution < -0.4 is 0 Å². The van der Waals surface area contributed by atoms with Gasteiger partial charge in [-0.05, 0) is 12.8 Å². The molecule has 8 heteroatoms. The van der Waals surface area contributed by atoms with Gasteiger partial charge < -0.3 is 9.47 Å². The summed E-state index contributed by atoms with van der Waals surface area (Å²) in [6.45, 7) is 0. The summed E-state index contributed by atoms with van der Waals surface area (Å²) < 4.78 is 45.0. The first-order chi connectivity index (χ1) is 8.23. The summed E-state index contributed by atoms with van der Waals surface area (Å²) in [5, 5.41) is 0. The SMILES string of the molecule is COC(=O)CCCC(C(=O)OC)C(=O)C(F)(F)F. The van der Waals surface area contributed by atoms with Crippen molar-refractivity contribution in [1.29, 1.82) is 0 Å². The molecular weight excluding hydrogens is 257 g/mol. The van der Waals surface area contributed by atoms with Crippen molar-refractivity contribution in [3.05, 3.63) is 0 Å². The molecule has 0 spiro atoms. The summed E-state index contributed by atoms with van der Waals surface area (Å²) in [6, 6.07) is 0. The number of carbonyl (C=O) groups excluding carboxylic acids is 3. The Labute approximate surface area is 101 Å². The van der Waals surface area contributed by atoms with Crippen molar-refractivity contribution >= 4 is 17.7 Å². The highest BCUT2D eigenvalue weighted by Gasteiger charge is 2.46. The zero-order chi connectivity index (χ0) is 14.3. The van der Waals surface area contributed by atoms with E-state index in [1.54, 1.807) is 0 Å². The number of rotatable bonds is 6. The molecule has 0 aromatic heterocycles. The van der Waals surface area contributed by atoms with E-state index in [1.165, 1.54) is 0 Å². The van der Waals surface area contributed by atoms with E-state index in [9.17, 15) is 27.6 Å². The lowest BCUT2D eigenvalue weighted by Gasteiger charge is -2.14. The predicted molar refractivity (Wildman–Crippen MR) is 52.4 cm³/mol. The highest BCUT2D eigenvalue weighted by atomic mass is 19.4. The number of hydrogen-bond donors (Lipinski definition) is 0. The molecular formula is C10H13F3O5. The van der Waals surface area contributed by atoms with E-state index in [2.05, 4.69) is 9.47 Å². The average molecular weight is 270 g/mol. The summed E-state index contributed by atoms with van der Waals surface area (Å²) in [7, 11) is 2.01. The standard InChI is InChI=1S/C10H13F3O5/c1-17-7(14)5-3-4-6(9(16)18-2)8(15)10(11,12)13/h6H,3-5H2,1-2H3. The average Bonchev–Trinajstić information content (AvgIpc) is 2.31. The number of alkyl halides is 3. The second kappa shape index (κ2) is 6.97. The summed E-state index contributed by atoms with van der Waals surface area (Å²) >= 11 is 0. The zero-order valence-electron chi connectivity index (χ0n) is 9.87. The third-order valence-corrected chi connectivity index (χ3v) is 2.18. The number of ketones is 1. The maximum Gasteiger partial charge on any atom is 0.450 e. The van der Waals surface area contributed by atoms with Gasteiger partial charge >= 0.3 is 18.1 Å². The number of esters is 2. The van der Waals surface area contributed by atoms with Gasteiger partial charge in [-0.1, -0.05) is 0 Å². The second-order valence-corrected chi connectivity index (χ2v) is 3.41. The first kappa shape index (κ1) is 16.4. The summed E-state index contributed by atoms with van der Waals surface area (Å²) in [4.78, 5) is 32.8. The van der Waals surface area contributed by atoms with Crippen LogP contribution in [0.5, 0.6) is 0 Å². The number of ether oxygens (including phenoxy) is 2. The second-order valence-electron chi connectivity index (χ2n) is 3.41. The van der Waals surface area contributed by atoms with Crippen LogP contribution in [0.3, 0.4) is 0 Å². The zero-order valence-corrected chi connectivity index (χ0v) is 9.87. The van der Waals surface area contributed by atoms with Crippen molar-refractivity contribution in [1.82, 2.24) is 0 Å². The Morgan fingerprint density at radius 1 is 1.11 bits per heavy atom. The molecule has 0 aromatic rings. The first-order valence-corrected chi connectivity index (χ1v) is 4.99. The van der Waals surface area contributed by atoms with Crippen molar-refractivity contribution in [3.8, 4) is 0 Å². The van der Waals surface area contributed by atoms with Crippen LogP contribution in [0.4, 0.5) is 13.2 Å². The molecule has 0 aliphatic carbocycles. The molecule has 0 aliphatic heterocycles. The Hall–Kier alpha value is -1.60. The minimum absolute atomic E-state index is 0.0751. The van der Waals surface area contributed by atoms with Crippen LogP contribution >= 0.6 is 0 Å². The van der Waals surface area contributed by atoms with E-state index in [-0.39, 0.29) is 12.8 Å². The van der Waals surface area contributed by atoms with Crippen molar-refractivity contribution < 1.29 is 37.0 Å². The highest BCUT2D eigenvalue weighted by Crippen LogP contribution is 2.25. The molecule has 0 N–H and O–H groups in total. The number of Topliss-reactive ketones (excluding diaryl/α,β-unsaturated/α-hetero) is 1. The molecule has 0 fully saturated rings. The van der Waals surface area contributed by atoms with Gasteiger partial charge in [0.05, 0.1) is 14.2 Å². The first-order valence-electron chi connectivity index (χ1n) is 4.99. The van der Waals surface area contributed by atoms with E-state index in [0.29, 0.717) is 0 Å².